The Kier molecular flexibility index (Phi) is 4.62. The molecule has 1 aromatic rings. The lowest BCUT2D eigenvalue weighted by Crippen LogP contribution is -2.48. The molecule has 0 amide bonds. The number of hydrogen-bond donors (Lipinski definition) is 3. The maximum atomic E-state index is 9.43. The summed E-state index contributed by atoms with van der Waals surface area (Å²) in [5.41, 5.74) is 7.15. The molecule has 7 heteroatoms. The van der Waals surface area contributed by atoms with Gasteiger partial charge in [0.05, 0.1) is 25.9 Å². The predicted molar refractivity (Wildman–Crippen MR) is 75.7 cm³/mol. The van der Waals surface area contributed by atoms with Crippen LogP contribution < -0.4 is 10.6 Å². The Morgan fingerprint density at radius 3 is 3.05 bits per heavy atom. The number of halogens is 1. The second kappa shape index (κ2) is 6.23. The minimum Gasteiger partial charge on any atom is -0.409 e. The molecule has 0 aliphatic carbocycles. The van der Waals surface area contributed by atoms with E-state index in [9.17, 15) is 5.11 Å². The molecule has 1 fully saturated rings. The highest BCUT2D eigenvalue weighted by Crippen LogP contribution is 2.28. The quantitative estimate of drug-likeness (QED) is 0.329. The number of amidine groups is 1. The van der Waals surface area contributed by atoms with Gasteiger partial charge in [0.2, 0.25) is 0 Å². The average molecular weight is 330 g/mol. The third kappa shape index (κ3) is 2.99. The second-order valence-electron chi connectivity index (χ2n) is 4.25. The Hall–Kier alpha value is -1.31. The van der Waals surface area contributed by atoms with E-state index in [-0.39, 0.29) is 18.5 Å². The molecular formula is C12H16BrN3O3. The SMILES string of the molecule is N/C(=N/O)c1ccc(Br)cc1N1CCOCC1CO. The van der Waals surface area contributed by atoms with Gasteiger partial charge in [-0.3, -0.25) is 0 Å². The molecule has 1 unspecified atom stereocenters. The van der Waals surface area contributed by atoms with Crippen LogP contribution in [0.4, 0.5) is 5.69 Å². The van der Waals surface area contributed by atoms with Gasteiger partial charge in [-0.05, 0) is 18.2 Å². The van der Waals surface area contributed by atoms with Crippen LogP contribution in [-0.2, 0) is 4.74 Å². The summed E-state index contributed by atoms with van der Waals surface area (Å²) >= 11 is 3.41. The normalized spacial score (nSPS) is 20.6. The molecule has 1 aliphatic heterocycles. The van der Waals surface area contributed by atoms with E-state index in [2.05, 4.69) is 21.1 Å². The Morgan fingerprint density at radius 2 is 2.37 bits per heavy atom. The number of aliphatic hydroxyl groups excluding tert-OH is 1. The number of hydrogen-bond acceptors (Lipinski definition) is 5. The first-order chi connectivity index (χ1) is 9.17. The zero-order valence-corrected chi connectivity index (χ0v) is 11.9. The summed E-state index contributed by atoms with van der Waals surface area (Å²) < 4.78 is 6.25. The fourth-order valence-electron chi connectivity index (χ4n) is 2.14. The molecule has 1 saturated heterocycles. The molecule has 2 rings (SSSR count). The Balaban J connectivity index is 2.44. The fraction of sp³-hybridized carbons (Fsp3) is 0.417. The van der Waals surface area contributed by atoms with Crippen LogP contribution in [-0.4, -0.2) is 48.6 Å². The van der Waals surface area contributed by atoms with E-state index in [0.717, 1.165) is 10.2 Å². The van der Waals surface area contributed by atoms with Crippen LogP contribution in [0.3, 0.4) is 0 Å². The predicted octanol–water partition coefficient (Wildman–Crippen LogP) is 0.741. The van der Waals surface area contributed by atoms with Crippen LogP contribution in [0, 0.1) is 0 Å². The van der Waals surface area contributed by atoms with Crippen molar-refractivity contribution in [2.45, 2.75) is 6.04 Å². The lowest BCUT2D eigenvalue weighted by Gasteiger charge is -2.37. The maximum absolute atomic E-state index is 9.43. The monoisotopic (exact) mass is 329 g/mol. The Morgan fingerprint density at radius 1 is 1.58 bits per heavy atom. The summed E-state index contributed by atoms with van der Waals surface area (Å²) in [5, 5.41) is 21.4. The standard InChI is InChI=1S/C12H16BrN3O3/c13-8-1-2-10(12(14)15-18)11(5-8)16-3-4-19-7-9(16)6-17/h1-2,5,9,17-18H,3-4,6-7H2,(H2,14,15). The van der Waals surface area contributed by atoms with Gasteiger partial charge >= 0.3 is 0 Å². The average Bonchev–Trinajstić information content (AvgIpc) is 2.46. The van der Waals surface area contributed by atoms with Crippen molar-refractivity contribution < 1.29 is 15.1 Å². The molecule has 1 aliphatic rings. The number of benzene rings is 1. The minimum absolute atomic E-state index is 0.0118. The first-order valence-electron chi connectivity index (χ1n) is 5.90. The third-order valence-electron chi connectivity index (χ3n) is 3.09. The summed E-state index contributed by atoms with van der Waals surface area (Å²) in [7, 11) is 0. The molecule has 0 saturated carbocycles. The Labute approximate surface area is 119 Å². The van der Waals surface area contributed by atoms with Crippen molar-refractivity contribution in [1.29, 1.82) is 0 Å². The molecule has 1 atom stereocenters. The van der Waals surface area contributed by atoms with Gasteiger partial charge in [-0.1, -0.05) is 21.1 Å². The van der Waals surface area contributed by atoms with Crippen molar-refractivity contribution in [1.82, 2.24) is 0 Å². The van der Waals surface area contributed by atoms with Crippen molar-refractivity contribution in [2.75, 3.05) is 31.3 Å². The summed E-state index contributed by atoms with van der Waals surface area (Å²) in [6, 6.07) is 5.36. The first-order valence-corrected chi connectivity index (χ1v) is 6.69. The molecule has 4 N–H and O–H groups in total. The van der Waals surface area contributed by atoms with Gasteiger partial charge in [0, 0.05) is 22.3 Å². The van der Waals surface area contributed by atoms with Crippen molar-refractivity contribution in [3.8, 4) is 0 Å². The highest BCUT2D eigenvalue weighted by molar-refractivity contribution is 9.10. The molecule has 0 radical (unpaired) electrons. The minimum atomic E-state index is -0.131. The molecule has 6 nitrogen and oxygen atoms in total. The zero-order valence-electron chi connectivity index (χ0n) is 10.3. The number of nitrogens with zero attached hydrogens (tertiary/aromatic N) is 2. The van der Waals surface area contributed by atoms with Crippen LogP contribution in [0.1, 0.15) is 5.56 Å². The van der Waals surface area contributed by atoms with Crippen LogP contribution in [0.25, 0.3) is 0 Å². The smallest absolute Gasteiger partial charge is 0.172 e. The molecule has 104 valence electrons. The van der Waals surface area contributed by atoms with Gasteiger partial charge in [-0.15, -0.1) is 0 Å². The number of ether oxygens (including phenoxy) is 1. The Bertz CT molecular complexity index is 481. The van der Waals surface area contributed by atoms with Crippen molar-refractivity contribution in [3.05, 3.63) is 28.2 Å². The maximum Gasteiger partial charge on any atom is 0.172 e. The number of rotatable bonds is 3. The van der Waals surface area contributed by atoms with Crippen LogP contribution in [0.5, 0.6) is 0 Å². The molecule has 1 heterocycles. The second-order valence-corrected chi connectivity index (χ2v) is 5.17. The van der Waals surface area contributed by atoms with Gasteiger partial charge in [-0.2, -0.15) is 0 Å². The van der Waals surface area contributed by atoms with E-state index in [1.54, 1.807) is 6.07 Å². The van der Waals surface area contributed by atoms with Crippen LogP contribution in [0.15, 0.2) is 27.8 Å². The van der Waals surface area contributed by atoms with Crippen molar-refractivity contribution in [2.24, 2.45) is 10.9 Å². The lowest BCUT2D eigenvalue weighted by atomic mass is 10.1. The van der Waals surface area contributed by atoms with Gasteiger partial charge < -0.3 is 25.7 Å². The largest absolute Gasteiger partial charge is 0.409 e. The van der Waals surface area contributed by atoms with Gasteiger partial charge in [0.15, 0.2) is 5.84 Å². The molecular weight excluding hydrogens is 314 g/mol. The van der Waals surface area contributed by atoms with Gasteiger partial charge in [-0.25, -0.2) is 0 Å². The van der Waals surface area contributed by atoms with Crippen LogP contribution in [0.2, 0.25) is 0 Å². The molecule has 1 aromatic carbocycles. The highest BCUT2D eigenvalue weighted by atomic mass is 79.9. The van der Waals surface area contributed by atoms with E-state index in [4.69, 9.17) is 15.7 Å². The molecule has 19 heavy (non-hydrogen) atoms. The number of nitrogens with two attached hydrogens (primary N) is 1. The first kappa shape index (κ1) is 14.1. The highest BCUT2D eigenvalue weighted by Gasteiger charge is 2.25. The summed E-state index contributed by atoms with van der Waals surface area (Å²) in [5.74, 6) is 0.0469. The van der Waals surface area contributed by atoms with E-state index in [0.29, 0.717) is 25.3 Å². The van der Waals surface area contributed by atoms with Crippen molar-refractivity contribution >= 4 is 27.5 Å². The van der Waals surface area contributed by atoms with E-state index in [1.165, 1.54) is 0 Å². The number of oxime groups is 1. The third-order valence-corrected chi connectivity index (χ3v) is 3.58. The fourth-order valence-corrected chi connectivity index (χ4v) is 2.49. The topological polar surface area (TPSA) is 91.3 Å². The molecule has 0 bridgehead atoms. The number of anilines is 1. The zero-order chi connectivity index (χ0) is 13.8. The summed E-state index contributed by atoms with van der Waals surface area (Å²) in [6.45, 7) is 1.67. The lowest BCUT2D eigenvalue weighted by molar-refractivity contribution is 0.0727. The number of aliphatic hydroxyl groups is 1. The van der Waals surface area contributed by atoms with E-state index < -0.39 is 0 Å². The summed E-state index contributed by atoms with van der Waals surface area (Å²) in [4.78, 5) is 2.02. The van der Waals surface area contributed by atoms with E-state index in [1.807, 2.05) is 17.0 Å². The van der Waals surface area contributed by atoms with Gasteiger partial charge in [0.25, 0.3) is 0 Å². The number of morpholine rings is 1. The molecule has 0 spiro atoms. The summed E-state index contributed by atoms with van der Waals surface area (Å²) in [6.07, 6.45) is 0. The van der Waals surface area contributed by atoms with Crippen LogP contribution >= 0.6 is 15.9 Å². The van der Waals surface area contributed by atoms with Crippen molar-refractivity contribution in [3.63, 3.8) is 0 Å². The van der Waals surface area contributed by atoms with Gasteiger partial charge in [0.1, 0.15) is 0 Å². The van der Waals surface area contributed by atoms with E-state index >= 15 is 0 Å². The molecule has 0 aromatic heterocycles.